The fourth-order valence-electron chi connectivity index (χ4n) is 3.42. The second-order valence-electron chi connectivity index (χ2n) is 7.79. The molecule has 3 aliphatic heterocycles. The summed E-state index contributed by atoms with van der Waals surface area (Å²) in [5.74, 6) is 0.497. The Morgan fingerprint density at radius 3 is 2.96 bits per heavy atom. The first kappa shape index (κ1) is 16.1. The number of rotatable bonds is 2. The number of allylic oxidation sites excluding steroid dienone is 1. The van der Waals surface area contributed by atoms with Crippen molar-refractivity contribution < 1.29 is 9.53 Å². The highest BCUT2D eigenvalue weighted by molar-refractivity contribution is 5.80. The molecular formula is C18H27N3O2. The number of nitrogens with zero attached hydrogens (tertiary/aromatic N) is 3. The number of aliphatic imine (C=N–C) groups is 1. The molecule has 3 heterocycles. The molecule has 23 heavy (non-hydrogen) atoms. The smallest absolute Gasteiger partial charge is 0.410 e. The van der Waals surface area contributed by atoms with Crippen LogP contribution in [-0.2, 0) is 4.74 Å². The maximum absolute atomic E-state index is 12.1. The summed E-state index contributed by atoms with van der Waals surface area (Å²) in [6.45, 7) is 7.29. The Kier molecular flexibility index (Phi) is 4.21. The lowest BCUT2D eigenvalue weighted by molar-refractivity contribution is 0.0288. The zero-order valence-corrected chi connectivity index (χ0v) is 14.5. The lowest BCUT2D eigenvalue weighted by Gasteiger charge is -2.26. The number of likely N-dealkylation sites (tertiary alicyclic amines) is 1. The third-order valence-electron chi connectivity index (χ3n) is 4.60. The summed E-state index contributed by atoms with van der Waals surface area (Å²) in [6, 6.07) is 0.629. The van der Waals surface area contributed by atoms with Gasteiger partial charge in [0.15, 0.2) is 0 Å². The number of amides is 1. The predicted octanol–water partition coefficient (Wildman–Crippen LogP) is 2.84. The minimum atomic E-state index is -0.428. The van der Waals surface area contributed by atoms with E-state index in [9.17, 15) is 4.79 Å². The van der Waals surface area contributed by atoms with Crippen LogP contribution in [0.15, 0.2) is 28.9 Å². The van der Waals surface area contributed by atoms with E-state index in [0.29, 0.717) is 12.0 Å². The average Bonchev–Trinajstić information content (AvgIpc) is 3.05. The lowest BCUT2D eigenvalue weighted by atomic mass is 9.95. The Morgan fingerprint density at radius 2 is 2.22 bits per heavy atom. The van der Waals surface area contributed by atoms with Crippen molar-refractivity contribution in [3.8, 4) is 0 Å². The number of likely N-dealkylation sites (N-methyl/N-ethyl adjacent to an activating group) is 1. The van der Waals surface area contributed by atoms with Crippen LogP contribution < -0.4 is 0 Å². The summed E-state index contributed by atoms with van der Waals surface area (Å²) in [5, 5.41) is 0. The van der Waals surface area contributed by atoms with Crippen molar-refractivity contribution >= 4 is 12.3 Å². The Hall–Kier alpha value is -1.78. The molecule has 5 heteroatoms. The zero-order valence-electron chi connectivity index (χ0n) is 14.5. The monoisotopic (exact) mass is 317 g/mol. The van der Waals surface area contributed by atoms with E-state index in [1.807, 2.05) is 31.9 Å². The zero-order chi connectivity index (χ0) is 16.6. The molecule has 0 spiro atoms. The van der Waals surface area contributed by atoms with E-state index in [1.54, 1.807) is 0 Å². The topological polar surface area (TPSA) is 45.1 Å². The standard InChI is InChI=1S/C18H27N3O2/c1-18(2,3)23-17(22)21-8-5-13(12-21)9-14-10-16-15(19-11-14)6-7-20(16)4/h6-7,10-11,13,15-16H,5,8-9,12H2,1-4H3. The molecule has 0 saturated carbocycles. The number of carbonyl (C=O) groups is 1. The van der Waals surface area contributed by atoms with Crippen molar-refractivity contribution in [2.45, 2.75) is 51.3 Å². The Bertz CT molecular complexity index is 559. The molecule has 3 unspecified atom stereocenters. The third-order valence-corrected chi connectivity index (χ3v) is 4.60. The van der Waals surface area contributed by atoms with E-state index < -0.39 is 5.60 Å². The molecular weight excluding hydrogens is 290 g/mol. The van der Waals surface area contributed by atoms with E-state index in [1.165, 1.54) is 5.57 Å². The molecule has 0 bridgehead atoms. The molecule has 0 aromatic rings. The van der Waals surface area contributed by atoms with Crippen molar-refractivity contribution in [3.63, 3.8) is 0 Å². The highest BCUT2D eigenvalue weighted by Gasteiger charge is 2.32. The fourth-order valence-corrected chi connectivity index (χ4v) is 3.42. The normalized spacial score (nSPS) is 29.7. The molecule has 0 aromatic heterocycles. The molecule has 0 radical (unpaired) electrons. The van der Waals surface area contributed by atoms with Gasteiger partial charge in [-0.3, -0.25) is 4.99 Å². The van der Waals surface area contributed by atoms with Crippen molar-refractivity contribution in [1.82, 2.24) is 9.80 Å². The van der Waals surface area contributed by atoms with Crippen LogP contribution >= 0.6 is 0 Å². The number of dihydropyridines is 1. The fraction of sp³-hybridized carbons (Fsp3) is 0.667. The van der Waals surface area contributed by atoms with Crippen molar-refractivity contribution in [3.05, 3.63) is 23.9 Å². The number of fused-ring (bicyclic) bond motifs is 1. The van der Waals surface area contributed by atoms with Crippen LogP contribution in [0.2, 0.25) is 0 Å². The van der Waals surface area contributed by atoms with Gasteiger partial charge in [0.1, 0.15) is 5.60 Å². The summed E-state index contributed by atoms with van der Waals surface area (Å²) < 4.78 is 5.46. The maximum atomic E-state index is 12.1. The van der Waals surface area contributed by atoms with Crippen molar-refractivity contribution in [1.29, 1.82) is 0 Å². The highest BCUT2D eigenvalue weighted by atomic mass is 16.6. The van der Waals surface area contributed by atoms with Gasteiger partial charge in [-0.25, -0.2) is 4.79 Å². The van der Waals surface area contributed by atoms with Crippen LogP contribution in [0.1, 0.15) is 33.6 Å². The predicted molar refractivity (Wildman–Crippen MR) is 91.6 cm³/mol. The number of carbonyl (C=O) groups excluding carboxylic acids is 1. The number of ether oxygens (including phenoxy) is 1. The van der Waals surface area contributed by atoms with E-state index in [4.69, 9.17) is 4.74 Å². The molecule has 3 rings (SSSR count). The minimum Gasteiger partial charge on any atom is -0.444 e. The van der Waals surface area contributed by atoms with E-state index >= 15 is 0 Å². The van der Waals surface area contributed by atoms with Crippen LogP contribution in [0.5, 0.6) is 0 Å². The largest absolute Gasteiger partial charge is 0.444 e. The van der Waals surface area contributed by atoms with Gasteiger partial charge in [0.25, 0.3) is 0 Å². The van der Waals surface area contributed by atoms with Crippen LogP contribution in [0.25, 0.3) is 0 Å². The molecule has 3 aliphatic rings. The second-order valence-corrected chi connectivity index (χ2v) is 7.79. The average molecular weight is 317 g/mol. The van der Waals surface area contributed by atoms with Gasteiger partial charge in [-0.05, 0) is 57.4 Å². The molecule has 0 aromatic carbocycles. The van der Waals surface area contributed by atoms with E-state index in [-0.39, 0.29) is 12.1 Å². The summed E-state index contributed by atoms with van der Waals surface area (Å²) in [6.07, 6.45) is 10.4. The van der Waals surface area contributed by atoms with Gasteiger partial charge < -0.3 is 14.5 Å². The molecule has 0 aliphatic carbocycles. The van der Waals surface area contributed by atoms with E-state index in [2.05, 4.69) is 35.3 Å². The van der Waals surface area contributed by atoms with Gasteiger partial charge in [-0.15, -0.1) is 0 Å². The summed E-state index contributed by atoms with van der Waals surface area (Å²) in [7, 11) is 2.09. The van der Waals surface area contributed by atoms with Gasteiger partial charge in [0.2, 0.25) is 0 Å². The van der Waals surface area contributed by atoms with E-state index in [0.717, 1.165) is 25.9 Å². The first-order valence-electron chi connectivity index (χ1n) is 8.44. The first-order valence-corrected chi connectivity index (χ1v) is 8.44. The minimum absolute atomic E-state index is 0.189. The maximum Gasteiger partial charge on any atom is 0.410 e. The van der Waals surface area contributed by atoms with Gasteiger partial charge in [-0.2, -0.15) is 0 Å². The lowest BCUT2D eigenvalue weighted by Crippen LogP contribution is -2.35. The summed E-state index contributed by atoms with van der Waals surface area (Å²) in [4.78, 5) is 20.8. The molecule has 3 atom stereocenters. The highest BCUT2D eigenvalue weighted by Crippen LogP contribution is 2.28. The molecule has 5 nitrogen and oxygen atoms in total. The van der Waals surface area contributed by atoms with Crippen LogP contribution in [0.4, 0.5) is 4.79 Å². The van der Waals surface area contributed by atoms with Crippen LogP contribution in [0.3, 0.4) is 0 Å². The molecule has 1 fully saturated rings. The quantitative estimate of drug-likeness (QED) is 0.787. The van der Waals surface area contributed by atoms with Gasteiger partial charge in [0, 0.05) is 26.4 Å². The summed E-state index contributed by atoms with van der Waals surface area (Å²) >= 11 is 0. The van der Waals surface area contributed by atoms with Gasteiger partial charge >= 0.3 is 6.09 Å². The van der Waals surface area contributed by atoms with Crippen molar-refractivity contribution in [2.75, 3.05) is 20.1 Å². The summed E-state index contributed by atoms with van der Waals surface area (Å²) in [5.41, 5.74) is 0.862. The molecule has 1 saturated heterocycles. The Balaban J connectivity index is 1.54. The SMILES string of the molecule is CN1C=CC2N=CC(CC3CCN(C(=O)OC(C)(C)C)C3)=CC21. The van der Waals surface area contributed by atoms with Crippen LogP contribution in [-0.4, -0.2) is 59.9 Å². The molecule has 0 N–H and O–H groups in total. The van der Waals surface area contributed by atoms with Crippen LogP contribution in [0, 0.1) is 5.92 Å². The van der Waals surface area contributed by atoms with Crippen molar-refractivity contribution in [2.24, 2.45) is 10.9 Å². The molecule has 1 amide bonds. The number of hydrogen-bond acceptors (Lipinski definition) is 4. The second kappa shape index (κ2) is 6.02. The Morgan fingerprint density at radius 1 is 1.43 bits per heavy atom. The molecule has 126 valence electrons. The first-order chi connectivity index (χ1) is 10.8. The van der Waals surface area contributed by atoms with Gasteiger partial charge in [0.05, 0.1) is 12.1 Å². The van der Waals surface area contributed by atoms with Gasteiger partial charge in [-0.1, -0.05) is 6.08 Å². The Labute approximate surface area is 138 Å². The number of hydrogen-bond donors (Lipinski definition) is 0. The third kappa shape index (κ3) is 3.77.